The van der Waals surface area contributed by atoms with Crippen molar-refractivity contribution in [2.75, 3.05) is 0 Å². The van der Waals surface area contributed by atoms with Crippen molar-refractivity contribution in [2.45, 2.75) is 65.2 Å². The zero-order valence-corrected chi connectivity index (χ0v) is 12.7. The van der Waals surface area contributed by atoms with Gasteiger partial charge in [0.2, 0.25) is 0 Å². The van der Waals surface area contributed by atoms with Crippen molar-refractivity contribution in [1.29, 1.82) is 0 Å². The van der Waals surface area contributed by atoms with Gasteiger partial charge in [-0.1, -0.05) is 65.8 Å². The number of hydrogen-bond donors (Lipinski definition) is 0. The number of rotatable bonds is 0. The van der Waals surface area contributed by atoms with Crippen LogP contribution in [-0.2, 0) is 10.8 Å². The number of fused-ring (bicyclic) bond motifs is 2. The van der Waals surface area contributed by atoms with Crippen molar-refractivity contribution in [3.63, 3.8) is 0 Å². The molecule has 0 saturated heterocycles. The summed E-state index contributed by atoms with van der Waals surface area (Å²) in [5, 5.41) is 0. The van der Waals surface area contributed by atoms with Crippen molar-refractivity contribution in [1.82, 2.24) is 0 Å². The smallest absolute Gasteiger partial charge is 0.00155 e. The minimum atomic E-state index is 0.324. The molecule has 0 nitrogen and oxygen atoms in total. The van der Waals surface area contributed by atoms with Crippen molar-refractivity contribution < 1.29 is 0 Å². The third-order valence-electron chi connectivity index (χ3n) is 7.56. The van der Waals surface area contributed by atoms with E-state index in [2.05, 4.69) is 65.8 Å². The summed E-state index contributed by atoms with van der Waals surface area (Å²) in [6.45, 7) is 14.9. The summed E-state index contributed by atoms with van der Waals surface area (Å²) in [4.78, 5) is 0. The highest BCUT2D eigenvalue weighted by atomic mass is 14.7. The zero-order valence-electron chi connectivity index (χ0n) is 12.7. The van der Waals surface area contributed by atoms with Crippen LogP contribution in [0.15, 0.2) is 24.3 Å². The van der Waals surface area contributed by atoms with Crippen LogP contribution in [0.25, 0.3) is 0 Å². The first kappa shape index (κ1) is 12.3. The lowest BCUT2D eigenvalue weighted by Crippen LogP contribution is -2.65. The molecule has 0 aliphatic heterocycles. The Kier molecular flexibility index (Phi) is 2.06. The lowest BCUT2D eigenvalue weighted by atomic mass is 9.33. The summed E-state index contributed by atoms with van der Waals surface area (Å²) < 4.78 is 0. The Balaban J connectivity index is 2.41. The highest BCUT2D eigenvalue weighted by Crippen LogP contribution is 2.72. The molecule has 0 radical (unpaired) electrons. The van der Waals surface area contributed by atoms with E-state index in [9.17, 15) is 0 Å². The van der Waals surface area contributed by atoms with Crippen LogP contribution in [0.5, 0.6) is 0 Å². The number of hydrogen-bond acceptors (Lipinski definition) is 0. The van der Waals surface area contributed by atoms with Crippen LogP contribution in [0.4, 0.5) is 0 Å². The fourth-order valence-corrected chi connectivity index (χ4v) is 4.89. The van der Waals surface area contributed by atoms with Gasteiger partial charge in [-0.3, -0.25) is 0 Å². The molecule has 4 rings (SSSR count). The van der Waals surface area contributed by atoms with Crippen LogP contribution in [0.2, 0.25) is 0 Å². The molecule has 98 valence electrons. The molecule has 0 heterocycles. The second-order valence-corrected chi connectivity index (χ2v) is 7.96. The van der Waals surface area contributed by atoms with Gasteiger partial charge in [0, 0.05) is 0 Å². The summed E-state index contributed by atoms with van der Waals surface area (Å²) in [5.74, 6) is 0. The van der Waals surface area contributed by atoms with E-state index in [1.54, 1.807) is 11.1 Å². The SMILES string of the molecule is CC12CCC(C)(c3ccccc31)C(C)(C)C2(C)C. The third-order valence-corrected chi connectivity index (χ3v) is 7.56. The van der Waals surface area contributed by atoms with Gasteiger partial charge in [0.1, 0.15) is 0 Å². The fraction of sp³-hybridized carbons (Fsp3) is 0.667. The van der Waals surface area contributed by atoms with Gasteiger partial charge in [0.25, 0.3) is 0 Å². The van der Waals surface area contributed by atoms with Crippen molar-refractivity contribution in [3.8, 4) is 0 Å². The van der Waals surface area contributed by atoms with E-state index in [-0.39, 0.29) is 0 Å². The van der Waals surface area contributed by atoms with E-state index in [1.165, 1.54) is 12.8 Å². The van der Waals surface area contributed by atoms with Gasteiger partial charge >= 0.3 is 0 Å². The molecule has 2 bridgehead atoms. The average Bonchev–Trinajstić information content (AvgIpc) is 2.32. The Morgan fingerprint density at radius 2 is 1.00 bits per heavy atom. The van der Waals surface area contributed by atoms with Crippen molar-refractivity contribution >= 4 is 0 Å². The van der Waals surface area contributed by atoms with Gasteiger partial charge in [-0.25, -0.2) is 0 Å². The Morgan fingerprint density at radius 3 is 1.33 bits per heavy atom. The average molecular weight is 242 g/mol. The van der Waals surface area contributed by atoms with Crippen LogP contribution < -0.4 is 0 Å². The van der Waals surface area contributed by atoms with Crippen LogP contribution in [0, 0.1) is 10.8 Å². The Morgan fingerprint density at radius 1 is 0.667 bits per heavy atom. The van der Waals surface area contributed by atoms with Gasteiger partial charge in [-0.2, -0.15) is 0 Å². The van der Waals surface area contributed by atoms with E-state index in [4.69, 9.17) is 0 Å². The second-order valence-electron chi connectivity index (χ2n) is 7.96. The van der Waals surface area contributed by atoms with Gasteiger partial charge in [0.15, 0.2) is 0 Å². The summed E-state index contributed by atoms with van der Waals surface area (Å²) in [6.07, 6.45) is 2.66. The molecule has 0 amide bonds. The summed E-state index contributed by atoms with van der Waals surface area (Å²) in [5.41, 5.74) is 4.55. The van der Waals surface area contributed by atoms with E-state index in [1.807, 2.05) is 0 Å². The molecule has 0 spiro atoms. The van der Waals surface area contributed by atoms with Gasteiger partial charge < -0.3 is 0 Å². The molecule has 3 aliphatic rings. The van der Waals surface area contributed by atoms with Crippen LogP contribution in [-0.4, -0.2) is 0 Å². The Hall–Kier alpha value is -0.780. The van der Waals surface area contributed by atoms with Crippen molar-refractivity contribution in [2.24, 2.45) is 10.8 Å². The maximum atomic E-state index is 2.49. The maximum Gasteiger partial charge on any atom is -0.00155 e. The first-order valence-corrected chi connectivity index (χ1v) is 7.28. The molecule has 2 unspecified atom stereocenters. The van der Waals surface area contributed by atoms with Gasteiger partial charge in [0.05, 0.1) is 0 Å². The molecule has 0 aromatic heterocycles. The Labute approximate surface area is 112 Å². The highest BCUT2D eigenvalue weighted by Gasteiger charge is 2.66. The fourth-order valence-electron chi connectivity index (χ4n) is 4.89. The predicted molar refractivity (Wildman–Crippen MR) is 77.9 cm³/mol. The summed E-state index contributed by atoms with van der Waals surface area (Å²) in [6, 6.07) is 9.20. The molecule has 2 atom stereocenters. The molecule has 0 N–H and O–H groups in total. The molecule has 18 heavy (non-hydrogen) atoms. The normalized spacial score (nSPS) is 39.4. The van der Waals surface area contributed by atoms with Crippen molar-refractivity contribution in [3.05, 3.63) is 35.4 Å². The second kappa shape index (κ2) is 3.03. The molecular weight excluding hydrogens is 216 g/mol. The lowest BCUT2D eigenvalue weighted by molar-refractivity contribution is -0.105. The van der Waals surface area contributed by atoms with Gasteiger partial charge in [-0.15, -0.1) is 0 Å². The minimum Gasteiger partial charge on any atom is -0.0620 e. The third kappa shape index (κ3) is 0.974. The van der Waals surface area contributed by atoms with E-state index >= 15 is 0 Å². The van der Waals surface area contributed by atoms with E-state index in [0.29, 0.717) is 21.7 Å². The zero-order chi connectivity index (χ0) is 13.4. The first-order valence-electron chi connectivity index (χ1n) is 7.28. The summed E-state index contributed by atoms with van der Waals surface area (Å²) >= 11 is 0. The molecule has 1 fully saturated rings. The molecular formula is C18H26. The summed E-state index contributed by atoms with van der Waals surface area (Å²) in [7, 11) is 0. The Bertz CT molecular complexity index is 462. The van der Waals surface area contributed by atoms with E-state index < -0.39 is 0 Å². The standard InChI is InChI=1S/C18H26/c1-15(2)16(3,4)18(6)12-11-17(15,5)13-9-7-8-10-14(13)18/h7-10H,11-12H2,1-6H3. The van der Waals surface area contributed by atoms with Crippen LogP contribution in [0.3, 0.4) is 0 Å². The number of benzene rings is 1. The van der Waals surface area contributed by atoms with Crippen LogP contribution >= 0.6 is 0 Å². The minimum absolute atomic E-state index is 0.324. The quantitative estimate of drug-likeness (QED) is 0.596. The topological polar surface area (TPSA) is 0 Å². The van der Waals surface area contributed by atoms with Crippen LogP contribution in [0.1, 0.15) is 65.5 Å². The molecule has 0 heteroatoms. The monoisotopic (exact) mass is 242 g/mol. The molecule has 1 aromatic rings. The lowest BCUT2D eigenvalue weighted by Gasteiger charge is -2.70. The first-order chi connectivity index (χ1) is 8.18. The van der Waals surface area contributed by atoms with E-state index in [0.717, 1.165) is 0 Å². The highest BCUT2D eigenvalue weighted by molar-refractivity contribution is 5.49. The predicted octanol–water partition coefficient (Wildman–Crippen LogP) is 5.06. The molecule has 3 aliphatic carbocycles. The largest absolute Gasteiger partial charge is 0.0620 e. The molecule has 1 saturated carbocycles. The molecule has 1 aromatic carbocycles. The maximum absolute atomic E-state index is 2.49. The van der Waals surface area contributed by atoms with Gasteiger partial charge in [-0.05, 0) is 45.6 Å².